The van der Waals surface area contributed by atoms with Crippen molar-refractivity contribution < 1.29 is 19.2 Å². The van der Waals surface area contributed by atoms with Crippen molar-refractivity contribution in [3.63, 3.8) is 0 Å². The van der Waals surface area contributed by atoms with Gasteiger partial charge in [0, 0.05) is 37.7 Å². The van der Waals surface area contributed by atoms with E-state index >= 15 is 0 Å². The molecule has 0 bridgehead atoms. The first kappa shape index (κ1) is 19.7. The molecule has 2 heterocycles. The first-order chi connectivity index (χ1) is 13.4. The maximum Gasteiger partial charge on any atom is 0.322 e. The van der Waals surface area contributed by atoms with Crippen LogP contribution >= 0.6 is 0 Å². The number of nitrogens with one attached hydrogen (secondary N) is 4. The summed E-state index contributed by atoms with van der Waals surface area (Å²) in [4.78, 5) is 49.7. The summed E-state index contributed by atoms with van der Waals surface area (Å²) in [7, 11) is 0. The zero-order chi connectivity index (χ0) is 20.1. The van der Waals surface area contributed by atoms with Crippen molar-refractivity contribution in [1.29, 1.82) is 0 Å². The van der Waals surface area contributed by atoms with Crippen LogP contribution in [0.25, 0.3) is 0 Å². The van der Waals surface area contributed by atoms with Crippen molar-refractivity contribution in [2.45, 2.75) is 25.3 Å². The number of amides is 6. The molecule has 3 rings (SSSR count). The highest BCUT2D eigenvalue weighted by Crippen LogP contribution is 2.29. The van der Waals surface area contributed by atoms with E-state index in [9.17, 15) is 19.2 Å². The van der Waals surface area contributed by atoms with Gasteiger partial charge in [0.15, 0.2) is 0 Å². The molecule has 28 heavy (non-hydrogen) atoms. The van der Waals surface area contributed by atoms with E-state index in [1.54, 1.807) is 36.1 Å². The molecule has 2 atom stereocenters. The monoisotopic (exact) mass is 387 g/mol. The fraction of sp³-hybridized carbons (Fsp3) is 0.474. The molecule has 1 aromatic rings. The highest BCUT2D eigenvalue weighted by atomic mass is 16.2. The standard InChI is InChI=1S/C19H25N5O4/c1-19(16(26)22-17(27)23-19)14-8-5-11-24(12-14)18(28)21-10-9-20-15(25)13-6-3-2-4-7-13/h2-4,6-7,14H,5,8-12H2,1H3,(H,20,25)(H,21,28)(H2,22,23,26,27). The van der Waals surface area contributed by atoms with E-state index in [1.165, 1.54) is 0 Å². The Labute approximate surface area is 163 Å². The largest absolute Gasteiger partial charge is 0.350 e. The molecule has 9 nitrogen and oxygen atoms in total. The molecule has 150 valence electrons. The predicted octanol–water partition coefficient (Wildman–Crippen LogP) is 0.436. The fourth-order valence-corrected chi connectivity index (χ4v) is 3.63. The summed E-state index contributed by atoms with van der Waals surface area (Å²) >= 11 is 0. The summed E-state index contributed by atoms with van der Waals surface area (Å²) in [5.41, 5.74) is -0.433. The summed E-state index contributed by atoms with van der Waals surface area (Å²) in [5.74, 6) is -0.701. The molecule has 0 aromatic heterocycles. The van der Waals surface area contributed by atoms with Crippen molar-refractivity contribution in [3.8, 4) is 0 Å². The van der Waals surface area contributed by atoms with Crippen LogP contribution in [0.3, 0.4) is 0 Å². The Morgan fingerprint density at radius 1 is 1.18 bits per heavy atom. The minimum Gasteiger partial charge on any atom is -0.350 e. The molecule has 6 amide bonds. The van der Waals surface area contributed by atoms with Crippen LogP contribution in [0, 0.1) is 5.92 Å². The second-order valence-corrected chi connectivity index (χ2v) is 7.25. The van der Waals surface area contributed by atoms with Crippen LogP contribution in [0.1, 0.15) is 30.1 Å². The Morgan fingerprint density at radius 2 is 1.89 bits per heavy atom. The Hall–Kier alpha value is -3.10. The number of hydrogen-bond donors (Lipinski definition) is 4. The molecule has 9 heteroatoms. The molecule has 2 aliphatic heterocycles. The summed E-state index contributed by atoms with van der Waals surface area (Å²) < 4.78 is 0. The lowest BCUT2D eigenvalue weighted by molar-refractivity contribution is -0.125. The Bertz CT molecular complexity index is 769. The molecule has 0 aliphatic carbocycles. The number of carbonyl (C=O) groups is 4. The van der Waals surface area contributed by atoms with Gasteiger partial charge < -0.3 is 20.9 Å². The van der Waals surface area contributed by atoms with Crippen LogP contribution in [0.15, 0.2) is 30.3 Å². The van der Waals surface area contributed by atoms with Crippen LogP contribution in [0.4, 0.5) is 9.59 Å². The molecule has 4 N–H and O–H groups in total. The maximum absolute atomic E-state index is 12.4. The van der Waals surface area contributed by atoms with E-state index in [1.807, 2.05) is 6.07 Å². The van der Waals surface area contributed by atoms with Gasteiger partial charge in [-0.15, -0.1) is 0 Å². The number of hydrogen-bond acceptors (Lipinski definition) is 4. The van der Waals surface area contributed by atoms with E-state index < -0.39 is 11.6 Å². The average Bonchev–Trinajstić information content (AvgIpc) is 2.98. The van der Waals surface area contributed by atoms with E-state index in [4.69, 9.17) is 0 Å². The quantitative estimate of drug-likeness (QED) is 0.433. The number of imide groups is 1. The third-order valence-corrected chi connectivity index (χ3v) is 5.32. The number of benzene rings is 1. The second kappa shape index (κ2) is 8.28. The van der Waals surface area contributed by atoms with Crippen LogP contribution in [0.2, 0.25) is 0 Å². The summed E-state index contributed by atoms with van der Waals surface area (Å²) in [6.07, 6.45) is 1.50. The molecular formula is C19H25N5O4. The SMILES string of the molecule is CC1(C2CCCN(C(=O)NCCNC(=O)c3ccccc3)C2)NC(=O)NC1=O. The number of nitrogens with zero attached hydrogens (tertiary/aromatic N) is 1. The summed E-state index contributed by atoms with van der Waals surface area (Å²) in [5, 5.41) is 10.5. The highest BCUT2D eigenvalue weighted by Gasteiger charge is 2.49. The number of urea groups is 2. The van der Waals surface area contributed by atoms with Crippen molar-refractivity contribution >= 4 is 23.9 Å². The zero-order valence-electron chi connectivity index (χ0n) is 15.8. The minimum atomic E-state index is -1.00. The van der Waals surface area contributed by atoms with Crippen molar-refractivity contribution in [1.82, 2.24) is 26.2 Å². The Morgan fingerprint density at radius 3 is 2.57 bits per heavy atom. The van der Waals surface area contributed by atoms with E-state index in [-0.39, 0.29) is 23.8 Å². The lowest BCUT2D eigenvalue weighted by Crippen LogP contribution is -2.57. The van der Waals surface area contributed by atoms with Crippen molar-refractivity contribution in [2.75, 3.05) is 26.2 Å². The average molecular weight is 387 g/mol. The number of carbonyl (C=O) groups excluding carboxylic acids is 4. The van der Waals surface area contributed by atoms with E-state index in [2.05, 4.69) is 21.3 Å². The van der Waals surface area contributed by atoms with Gasteiger partial charge in [-0.05, 0) is 31.9 Å². The van der Waals surface area contributed by atoms with Gasteiger partial charge in [-0.1, -0.05) is 18.2 Å². The van der Waals surface area contributed by atoms with Crippen molar-refractivity contribution in [2.24, 2.45) is 5.92 Å². The molecule has 0 saturated carbocycles. The van der Waals surface area contributed by atoms with Gasteiger partial charge in [-0.3, -0.25) is 14.9 Å². The lowest BCUT2D eigenvalue weighted by atomic mass is 9.80. The second-order valence-electron chi connectivity index (χ2n) is 7.25. The van der Waals surface area contributed by atoms with Gasteiger partial charge in [0.25, 0.3) is 11.8 Å². The van der Waals surface area contributed by atoms with Gasteiger partial charge in [0.05, 0.1) is 0 Å². The molecule has 1 aromatic carbocycles. The highest BCUT2D eigenvalue weighted by molar-refractivity contribution is 6.07. The Kier molecular flexibility index (Phi) is 5.81. The molecule has 2 fully saturated rings. The van der Waals surface area contributed by atoms with Gasteiger partial charge in [0.1, 0.15) is 5.54 Å². The number of likely N-dealkylation sites (tertiary alicyclic amines) is 1. The molecule has 0 spiro atoms. The molecular weight excluding hydrogens is 362 g/mol. The van der Waals surface area contributed by atoms with Crippen LogP contribution < -0.4 is 21.3 Å². The number of rotatable bonds is 5. The predicted molar refractivity (Wildman–Crippen MR) is 102 cm³/mol. The normalized spacial score (nSPS) is 24.3. The topological polar surface area (TPSA) is 120 Å². The third kappa shape index (κ3) is 4.24. The van der Waals surface area contributed by atoms with Crippen LogP contribution in [-0.4, -0.2) is 60.5 Å². The lowest BCUT2D eigenvalue weighted by Gasteiger charge is -2.39. The van der Waals surface area contributed by atoms with E-state index in [0.717, 1.165) is 12.8 Å². The summed E-state index contributed by atoms with van der Waals surface area (Å²) in [6.45, 7) is 3.27. The summed E-state index contributed by atoms with van der Waals surface area (Å²) in [6, 6.07) is 8.12. The molecule has 0 radical (unpaired) electrons. The first-order valence-electron chi connectivity index (χ1n) is 9.40. The Balaban J connectivity index is 1.45. The van der Waals surface area contributed by atoms with Gasteiger partial charge >= 0.3 is 12.1 Å². The van der Waals surface area contributed by atoms with Crippen LogP contribution in [-0.2, 0) is 4.79 Å². The fourth-order valence-electron chi connectivity index (χ4n) is 3.63. The minimum absolute atomic E-state index is 0.156. The van der Waals surface area contributed by atoms with Gasteiger partial charge in [0.2, 0.25) is 0 Å². The molecule has 2 unspecified atom stereocenters. The van der Waals surface area contributed by atoms with Crippen LogP contribution in [0.5, 0.6) is 0 Å². The molecule has 2 saturated heterocycles. The van der Waals surface area contributed by atoms with Gasteiger partial charge in [-0.25, -0.2) is 9.59 Å². The third-order valence-electron chi connectivity index (χ3n) is 5.32. The van der Waals surface area contributed by atoms with E-state index in [0.29, 0.717) is 31.7 Å². The first-order valence-corrected chi connectivity index (χ1v) is 9.40. The van der Waals surface area contributed by atoms with Gasteiger partial charge in [-0.2, -0.15) is 0 Å². The maximum atomic E-state index is 12.4. The van der Waals surface area contributed by atoms with Crippen molar-refractivity contribution in [3.05, 3.63) is 35.9 Å². The zero-order valence-corrected chi connectivity index (χ0v) is 15.8. The number of piperidine rings is 1. The smallest absolute Gasteiger partial charge is 0.322 e. The molecule has 2 aliphatic rings.